The summed E-state index contributed by atoms with van der Waals surface area (Å²) in [7, 11) is 0. The zero-order valence-electron chi connectivity index (χ0n) is 17.1. The number of nitrogens with one attached hydrogen (secondary N) is 1. The molecule has 0 aliphatic carbocycles. The van der Waals surface area contributed by atoms with E-state index in [4.69, 9.17) is 0 Å². The summed E-state index contributed by atoms with van der Waals surface area (Å²) >= 11 is 1.34. The third-order valence-corrected chi connectivity index (χ3v) is 5.61. The van der Waals surface area contributed by atoms with Crippen LogP contribution in [0.2, 0.25) is 0 Å². The molecule has 7 heteroatoms. The first kappa shape index (κ1) is 21.0. The topological polar surface area (TPSA) is 72.7 Å². The van der Waals surface area contributed by atoms with E-state index in [1.165, 1.54) is 22.9 Å². The molecule has 0 spiro atoms. The molecule has 0 saturated carbocycles. The van der Waals surface area contributed by atoms with Gasteiger partial charge >= 0.3 is 0 Å². The molecule has 1 amide bonds. The van der Waals surface area contributed by atoms with Gasteiger partial charge in [-0.25, -0.2) is 0 Å². The van der Waals surface area contributed by atoms with E-state index in [0.29, 0.717) is 11.1 Å². The van der Waals surface area contributed by atoms with Crippen LogP contribution in [0, 0.1) is 0 Å². The van der Waals surface area contributed by atoms with Crippen molar-refractivity contribution in [2.24, 2.45) is 0 Å². The second-order valence-corrected chi connectivity index (χ2v) is 8.34. The summed E-state index contributed by atoms with van der Waals surface area (Å²) in [4.78, 5) is 12.3. The van der Waals surface area contributed by atoms with Crippen molar-refractivity contribution in [3.63, 3.8) is 0 Å². The Bertz CT molecular complexity index is 908. The third kappa shape index (κ3) is 6.15. The Morgan fingerprint density at radius 2 is 1.79 bits per heavy atom. The zero-order valence-corrected chi connectivity index (χ0v) is 17.9. The van der Waals surface area contributed by atoms with Crippen LogP contribution in [0.4, 0.5) is 0 Å². The van der Waals surface area contributed by atoms with Crippen molar-refractivity contribution in [2.45, 2.75) is 50.7 Å². The van der Waals surface area contributed by atoms with Crippen LogP contribution in [0.3, 0.4) is 0 Å². The maximum atomic E-state index is 12.3. The Balaban J connectivity index is 1.50. The predicted molar refractivity (Wildman–Crippen MR) is 116 cm³/mol. The minimum absolute atomic E-state index is 0.0136. The largest absolute Gasteiger partial charge is 0.353 e. The highest BCUT2D eigenvalue weighted by Crippen LogP contribution is 2.20. The Morgan fingerprint density at radius 1 is 1.07 bits per heavy atom. The Labute approximate surface area is 176 Å². The van der Waals surface area contributed by atoms with Crippen LogP contribution >= 0.6 is 11.8 Å². The summed E-state index contributed by atoms with van der Waals surface area (Å²) in [5, 5.41) is 15.6. The fraction of sp³-hybridized carbons (Fsp3) is 0.364. The minimum atomic E-state index is -0.0136. The highest BCUT2D eigenvalue weighted by Gasteiger charge is 2.13. The standard InChI is InChI=1S/C22H27N5OS/c1-16(2)19-11-13-20(14-12-19)27-22(24-25-26-27)29-15-21(28)23-17(3)9-10-18-7-5-4-6-8-18/h4-8,11-14,16-17H,9-10,15H2,1-3H3,(H,23,28)/t17-/m0/s1. The fourth-order valence-electron chi connectivity index (χ4n) is 2.98. The number of tetrazole rings is 1. The lowest BCUT2D eigenvalue weighted by Crippen LogP contribution is -2.34. The summed E-state index contributed by atoms with van der Waals surface area (Å²) in [5.74, 6) is 0.736. The number of hydrogen-bond donors (Lipinski definition) is 1. The molecule has 1 aromatic heterocycles. The summed E-state index contributed by atoms with van der Waals surface area (Å²) < 4.78 is 1.67. The average molecular weight is 410 g/mol. The lowest BCUT2D eigenvalue weighted by molar-refractivity contribution is -0.119. The number of carbonyl (C=O) groups excluding carboxylic acids is 1. The molecule has 2 aromatic carbocycles. The van der Waals surface area contributed by atoms with Crippen LogP contribution in [-0.2, 0) is 11.2 Å². The van der Waals surface area contributed by atoms with Gasteiger partial charge in [-0.05, 0) is 59.4 Å². The first-order chi connectivity index (χ1) is 14.0. The monoisotopic (exact) mass is 409 g/mol. The third-order valence-electron chi connectivity index (χ3n) is 4.69. The van der Waals surface area contributed by atoms with E-state index in [0.717, 1.165) is 18.5 Å². The van der Waals surface area contributed by atoms with Crippen molar-refractivity contribution in [1.82, 2.24) is 25.5 Å². The van der Waals surface area contributed by atoms with Crippen LogP contribution in [0.5, 0.6) is 0 Å². The molecule has 0 saturated heterocycles. The van der Waals surface area contributed by atoms with Crippen LogP contribution in [0.1, 0.15) is 44.2 Å². The van der Waals surface area contributed by atoms with Gasteiger partial charge in [-0.15, -0.1) is 5.10 Å². The molecule has 152 valence electrons. The molecule has 1 N–H and O–H groups in total. The Hall–Kier alpha value is -2.67. The number of hydrogen-bond acceptors (Lipinski definition) is 5. The molecule has 3 rings (SSSR count). The van der Waals surface area contributed by atoms with Crippen molar-refractivity contribution in [3.05, 3.63) is 65.7 Å². The second kappa shape index (κ2) is 10.2. The first-order valence-corrected chi connectivity index (χ1v) is 10.9. The van der Waals surface area contributed by atoms with Gasteiger partial charge in [0.15, 0.2) is 0 Å². The second-order valence-electron chi connectivity index (χ2n) is 7.40. The molecule has 0 aliphatic rings. The van der Waals surface area contributed by atoms with Crippen molar-refractivity contribution < 1.29 is 4.79 Å². The van der Waals surface area contributed by atoms with Gasteiger partial charge in [-0.3, -0.25) is 4.79 Å². The molecule has 6 nitrogen and oxygen atoms in total. The Morgan fingerprint density at radius 3 is 2.48 bits per heavy atom. The molecule has 1 heterocycles. The summed E-state index contributed by atoms with van der Waals surface area (Å²) in [6, 6.07) is 18.6. The zero-order chi connectivity index (χ0) is 20.6. The predicted octanol–water partition coefficient (Wildman–Crippen LogP) is 4.02. The summed E-state index contributed by atoms with van der Waals surface area (Å²) in [6.07, 6.45) is 1.85. The highest BCUT2D eigenvalue weighted by molar-refractivity contribution is 7.99. The van der Waals surface area contributed by atoms with Crippen molar-refractivity contribution in [2.75, 3.05) is 5.75 Å². The molecule has 0 bridgehead atoms. The van der Waals surface area contributed by atoms with Crippen LogP contribution in [0.25, 0.3) is 5.69 Å². The van der Waals surface area contributed by atoms with Gasteiger partial charge < -0.3 is 5.32 Å². The lowest BCUT2D eigenvalue weighted by atomic mass is 10.0. The molecule has 0 radical (unpaired) electrons. The van der Waals surface area contributed by atoms with Gasteiger partial charge in [0.2, 0.25) is 11.1 Å². The maximum absolute atomic E-state index is 12.3. The van der Waals surface area contributed by atoms with E-state index in [2.05, 4.69) is 59.0 Å². The van der Waals surface area contributed by atoms with E-state index >= 15 is 0 Å². The van der Waals surface area contributed by atoms with E-state index < -0.39 is 0 Å². The van der Waals surface area contributed by atoms with Gasteiger partial charge in [-0.1, -0.05) is 68.1 Å². The van der Waals surface area contributed by atoms with Gasteiger partial charge in [0.25, 0.3) is 0 Å². The van der Waals surface area contributed by atoms with Crippen molar-refractivity contribution >= 4 is 17.7 Å². The normalized spacial score (nSPS) is 12.1. The van der Waals surface area contributed by atoms with Crippen LogP contribution in [0.15, 0.2) is 59.8 Å². The van der Waals surface area contributed by atoms with E-state index in [9.17, 15) is 4.79 Å². The van der Waals surface area contributed by atoms with E-state index in [1.54, 1.807) is 4.68 Å². The average Bonchev–Trinajstić information content (AvgIpc) is 3.20. The number of thioether (sulfide) groups is 1. The molecule has 0 aliphatic heterocycles. The molecule has 0 unspecified atom stereocenters. The van der Waals surface area contributed by atoms with Gasteiger partial charge in [0.05, 0.1) is 11.4 Å². The summed E-state index contributed by atoms with van der Waals surface area (Å²) in [5.41, 5.74) is 3.43. The van der Waals surface area contributed by atoms with Gasteiger partial charge in [0, 0.05) is 6.04 Å². The molecule has 0 fully saturated rings. The molecular formula is C22H27N5OS. The van der Waals surface area contributed by atoms with E-state index in [1.807, 2.05) is 37.3 Å². The van der Waals surface area contributed by atoms with Crippen molar-refractivity contribution in [3.8, 4) is 5.69 Å². The molecule has 3 aromatic rings. The number of aryl methyl sites for hydroxylation is 1. The summed E-state index contributed by atoms with van der Waals surface area (Å²) in [6.45, 7) is 6.35. The molecule has 1 atom stereocenters. The Kier molecular flexibility index (Phi) is 7.41. The van der Waals surface area contributed by atoms with Crippen molar-refractivity contribution in [1.29, 1.82) is 0 Å². The molecular weight excluding hydrogens is 382 g/mol. The number of aromatic nitrogens is 4. The fourth-order valence-corrected chi connectivity index (χ4v) is 3.68. The molecule has 29 heavy (non-hydrogen) atoms. The first-order valence-electron chi connectivity index (χ1n) is 9.87. The lowest BCUT2D eigenvalue weighted by Gasteiger charge is -2.13. The SMILES string of the molecule is CC(C)c1ccc(-n2nnnc2SCC(=O)N[C@@H](C)CCc2ccccc2)cc1. The number of rotatable bonds is 9. The number of amides is 1. The quantitative estimate of drug-likeness (QED) is 0.541. The smallest absolute Gasteiger partial charge is 0.230 e. The van der Waals surface area contributed by atoms with Gasteiger partial charge in [-0.2, -0.15) is 4.68 Å². The van der Waals surface area contributed by atoms with E-state index in [-0.39, 0.29) is 17.7 Å². The van der Waals surface area contributed by atoms with Crippen LogP contribution < -0.4 is 5.32 Å². The van der Waals surface area contributed by atoms with Gasteiger partial charge in [0.1, 0.15) is 0 Å². The maximum Gasteiger partial charge on any atom is 0.230 e. The number of nitrogens with zero attached hydrogens (tertiary/aromatic N) is 4. The number of benzene rings is 2. The van der Waals surface area contributed by atoms with Crippen LogP contribution in [-0.4, -0.2) is 37.9 Å². The minimum Gasteiger partial charge on any atom is -0.353 e. The highest BCUT2D eigenvalue weighted by atomic mass is 32.2. The number of carbonyl (C=O) groups is 1.